The van der Waals surface area contributed by atoms with Crippen LogP contribution in [0.5, 0.6) is 0 Å². The average molecular weight is 378 g/mol. The summed E-state index contributed by atoms with van der Waals surface area (Å²) in [6.45, 7) is 8.63. The van der Waals surface area contributed by atoms with Crippen molar-refractivity contribution < 1.29 is 9.50 Å². The molecule has 0 aliphatic carbocycles. The topological polar surface area (TPSA) is 39.6 Å². The fourth-order valence-corrected chi connectivity index (χ4v) is 4.43. The molecular weight excluding hydrogens is 349 g/mol. The average Bonchev–Trinajstić information content (AvgIpc) is 3.08. The maximum Gasteiger partial charge on any atom is 0.127 e. The monoisotopic (exact) mass is 377 g/mol. The van der Waals surface area contributed by atoms with E-state index < -0.39 is 0 Å². The van der Waals surface area contributed by atoms with Crippen molar-refractivity contribution in [1.82, 2.24) is 14.8 Å². The van der Waals surface area contributed by atoms with Gasteiger partial charge in [-0.05, 0) is 18.4 Å². The highest BCUT2D eigenvalue weighted by Crippen LogP contribution is 2.22. The van der Waals surface area contributed by atoms with Crippen LogP contribution in [-0.2, 0) is 13.1 Å². The van der Waals surface area contributed by atoms with Gasteiger partial charge in [0, 0.05) is 49.8 Å². The molecule has 1 unspecified atom stereocenters. The molecule has 0 radical (unpaired) electrons. The molecule has 26 heavy (non-hydrogen) atoms. The molecule has 1 atom stereocenters. The molecule has 1 saturated heterocycles. The number of piperazine rings is 1. The van der Waals surface area contributed by atoms with E-state index in [0.29, 0.717) is 18.9 Å². The van der Waals surface area contributed by atoms with Crippen molar-refractivity contribution >= 4 is 11.3 Å². The summed E-state index contributed by atoms with van der Waals surface area (Å²) in [4.78, 5) is 9.44. The number of nitrogens with zero attached hydrogens (tertiary/aromatic N) is 3. The van der Waals surface area contributed by atoms with Gasteiger partial charge in [0.2, 0.25) is 0 Å². The maximum atomic E-state index is 14.0. The highest BCUT2D eigenvalue weighted by Gasteiger charge is 2.27. The van der Waals surface area contributed by atoms with Gasteiger partial charge in [0.25, 0.3) is 0 Å². The lowest BCUT2D eigenvalue weighted by atomic mass is 10.1. The summed E-state index contributed by atoms with van der Waals surface area (Å²) in [7, 11) is 0. The van der Waals surface area contributed by atoms with Crippen LogP contribution in [0, 0.1) is 5.82 Å². The van der Waals surface area contributed by atoms with Crippen molar-refractivity contribution in [3.8, 4) is 0 Å². The zero-order valence-electron chi connectivity index (χ0n) is 15.6. The molecule has 1 aliphatic heterocycles. The molecule has 2 aromatic rings. The SMILES string of the molecule is CC(C)c1csc(CN2CCN(Cc3ccccc3F)C(CCO)C2)n1. The van der Waals surface area contributed by atoms with Gasteiger partial charge in [0.1, 0.15) is 10.8 Å². The first-order chi connectivity index (χ1) is 12.6. The predicted molar refractivity (Wildman–Crippen MR) is 104 cm³/mol. The summed E-state index contributed by atoms with van der Waals surface area (Å²) >= 11 is 1.73. The maximum absolute atomic E-state index is 14.0. The zero-order valence-corrected chi connectivity index (χ0v) is 16.4. The molecule has 4 nitrogen and oxygen atoms in total. The molecule has 0 bridgehead atoms. The summed E-state index contributed by atoms with van der Waals surface area (Å²) in [5.41, 5.74) is 1.89. The van der Waals surface area contributed by atoms with E-state index in [1.807, 2.05) is 12.1 Å². The minimum Gasteiger partial charge on any atom is -0.396 e. The Kier molecular flexibility index (Phi) is 6.75. The van der Waals surface area contributed by atoms with E-state index in [4.69, 9.17) is 4.98 Å². The highest BCUT2D eigenvalue weighted by molar-refractivity contribution is 7.09. The number of rotatable bonds is 7. The second-order valence-electron chi connectivity index (χ2n) is 7.28. The van der Waals surface area contributed by atoms with E-state index in [1.54, 1.807) is 17.4 Å². The second kappa shape index (κ2) is 9.04. The molecular formula is C20H28FN3OS. The third-order valence-electron chi connectivity index (χ3n) is 5.00. The lowest BCUT2D eigenvalue weighted by Gasteiger charge is -2.41. The number of thiazole rings is 1. The van der Waals surface area contributed by atoms with Crippen molar-refractivity contribution in [2.75, 3.05) is 26.2 Å². The van der Waals surface area contributed by atoms with Gasteiger partial charge in [-0.3, -0.25) is 9.80 Å². The predicted octanol–water partition coefficient (Wildman–Crippen LogP) is 3.47. The van der Waals surface area contributed by atoms with E-state index in [-0.39, 0.29) is 18.5 Å². The van der Waals surface area contributed by atoms with Crippen molar-refractivity contribution in [3.63, 3.8) is 0 Å². The summed E-state index contributed by atoms with van der Waals surface area (Å²) in [5, 5.41) is 12.8. The summed E-state index contributed by atoms with van der Waals surface area (Å²) in [6.07, 6.45) is 0.708. The Labute approximate surface area is 159 Å². The number of hydrogen-bond donors (Lipinski definition) is 1. The molecule has 1 fully saturated rings. The number of halogens is 1. The summed E-state index contributed by atoms with van der Waals surface area (Å²) < 4.78 is 14.0. The van der Waals surface area contributed by atoms with Crippen LogP contribution >= 0.6 is 11.3 Å². The Morgan fingerprint density at radius 2 is 2.08 bits per heavy atom. The van der Waals surface area contributed by atoms with Gasteiger partial charge in [-0.15, -0.1) is 11.3 Å². The first-order valence-corrected chi connectivity index (χ1v) is 10.2. The summed E-state index contributed by atoms with van der Waals surface area (Å²) in [5.74, 6) is 0.307. The Morgan fingerprint density at radius 1 is 1.27 bits per heavy atom. The molecule has 0 spiro atoms. The van der Waals surface area contributed by atoms with Gasteiger partial charge in [0.15, 0.2) is 0 Å². The molecule has 1 aromatic carbocycles. The standard InChI is InChI=1S/C20H28FN3OS/c1-15(2)19-14-26-20(22-19)13-23-8-9-24(17(12-23)7-10-25)11-16-5-3-4-6-18(16)21/h3-6,14-15,17,25H,7-13H2,1-2H3. The van der Waals surface area contributed by atoms with Crippen LogP contribution in [-0.4, -0.2) is 52.2 Å². The molecule has 2 heterocycles. The fraction of sp³-hybridized carbons (Fsp3) is 0.550. The van der Waals surface area contributed by atoms with Crippen molar-refractivity contribution in [3.05, 3.63) is 51.7 Å². The molecule has 6 heteroatoms. The van der Waals surface area contributed by atoms with Crippen molar-refractivity contribution in [1.29, 1.82) is 0 Å². The van der Waals surface area contributed by atoms with Gasteiger partial charge in [-0.25, -0.2) is 9.37 Å². The number of benzene rings is 1. The molecule has 0 amide bonds. The van der Waals surface area contributed by atoms with Gasteiger partial charge < -0.3 is 5.11 Å². The Hall–Kier alpha value is -1.34. The minimum absolute atomic E-state index is 0.151. The summed E-state index contributed by atoms with van der Waals surface area (Å²) in [6, 6.07) is 7.20. The lowest BCUT2D eigenvalue weighted by molar-refractivity contribution is 0.0492. The molecule has 142 valence electrons. The largest absolute Gasteiger partial charge is 0.396 e. The van der Waals surface area contributed by atoms with Crippen LogP contribution < -0.4 is 0 Å². The van der Waals surface area contributed by atoms with Crippen LogP contribution in [0.3, 0.4) is 0 Å². The van der Waals surface area contributed by atoms with E-state index in [0.717, 1.165) is 42.4 Å². The van der Waals surface area contributed by atoms with Crippen LogP contribution in [0.25, 0.3) is 0 Å². The first kappa shape index (κ1) is 19.4. The Morgan fingerprint density at radius 3 is 2.77 bits per heavy atom. The third kappa shape index (κ3) is 4.88. The fourth-order valence-electron chi connectivity index (χ4n) is 3.43. The van der Waals surface area contributed by atoms with E-state index in [2.05, 4.69) is 29.0 Å². The Balaban J connectivity index is 1.62. The van der Waals surface area contributed by atoms with Crippen LogP contribution in [0.4, 0.5) is 4.39 Å². The highest BCUT2D eigenvalue weighted by atomic mass is 32.1. The zero-order chi connectivity index (χ0) is 18.5. The van der Waals surface area contributed by atoms with Gasteiger partial charge in [-0.1, -0.05) is 32.0 Å². The first-order valence-electron chi connectivity index (χ1n) is 9.31. The number of aromatic nitrogens is 1. The normalized spacial score (nSPS) is 19.3. The van der Waals surface area contributed by atoms with Gasteiger partial charge >= 0.3 is 0 Å². The van der Waals surface area contributed by atoms with E-state index >= 15 is 0 Å². The van der Waals surface area contributed by atoms with E-state index in [1.165, 1.54) is 6.07 Å². The number of aliphatic hydroxyl groups is 1. The molecule has 3 rings (SSSR count). The smallest absolute Gasteiger partial charge is 0.127 e. The molecule has 1 aliphatic rings. The van der Waals surface area contributed by atoms with Gasteiger partial charge in [0.05, 0.1) is 12.2 Å². The number of aliphatic hydroxyl groups excluding tert-OH is 1. The minimum atomic E-state index is -0.151. The van der Waals surface area contributed by atoms with Crippen LogP contribution in [0.1, 0.15) is 42.5 Å². The number of hydrogen-bond acceptors (Lipinski definition) is 5. The molecule has 1 aromatic heterocycles. The van der Waals surface area contributed by atoms with Crippen molar-refractivity contribution in [2.24, 2.45) is 0 Å². The quantitative estimate of drug-likeness (QED) is 0.802. The third-order valence-corrected chi connectivity index (χ3v) is 5.85. The van der Waals surface area contributed by atoms with E-state index in [9.17, 15) is 9.50 Å². The van der Waals surface area contributed by atoms with Crippen LogP contribution in [0.15, 0.2) is 29.6 Å². The lowest BCUT2D eigenvalue weighted by Crippen LogP contribution is -2.52. The second-order valence-corrected chi connectivity index (χ2v) is 8.23. The van der Waals surface area contributed by atoms with Crippen molar-refractivity contribution in [2.45, 2.75) is 45.3 Å². The van der Waals surface area contributed by atoms with Crippen LogP contribution in [0.2, 0.25) is 0 Å². The Bertz CT molecular complexity index is 706. The molecule has 1 N–H and O–H groups in total. The molecule has 0 saturated carbocycles. The van der Waals surface area contributed by atoms with Gasteiger partial charge in [-0.2, -0.15) is 0 Å².